The highest BCUT2D eigenvalue weighted by molar-refractivity contribution is 5.81. The molecule has 5 heteroatoms. The lowest BCUT2D eigenvalue weighted by molar-refractivity contribution is -0.139. The zero-order valence-corrected chi connectivity index (χ0v) is 13.1. The molecule has 0 bridgehead atoms. The summed E-state index contributed by atoms with van der Waals surface area (Å²) in [4.78, 5) is 23.3. The number of alkyl carbamates (subject to hydrolysis) is 1. The van der Waals surface area contributed by atoms with E-state index in [1.54, 1.807) is 12.1 Å². The highest BCUT2D eigenvalue weighted by atomic mass is 16.5. The minimum atomic E-state index is -1.14. The molecule has 0 saturated heterocycles. The third kappa shape index (κ3) is 4.85. The van der Waals surface area contributed by atoms with E-state index in [2.05, 4.69) is 5.32 Å². The van der Waals surface area contributed by atoms with E-state index in [4.69, 9.17) is 4.74 Å². The lowest BCUT2D eigenvalue weighted by atomic mass is 10.0. The molecule has 0 aromatic heterocycles. The van der Waals surface area contributed by atoms with Crippen molar-refractivity contribution >= 4 is 12.1 Å². The number of hydrogen-bond acceptors (Lipinski definition) is 3. The number of aliphatic carboxylic acids is 1. The number of amides is 1. The summed E-state index contributed by atoms with van der Waals surface area (Å²) < 4.78 is 5.08. The first kappa shape index (κ1) is 16.5. The Balaban J connectivity index is 2.04. The monoisotopic (exact) mass is 313 g/mol. The number of carbonyl (C=O) groups excluding carboxylic acids is 1. The Morgan fingerprint density at radius 2 is 1.70 bits per heavy atom. The van der Waals surface area contributed by atoms with Gasteiger partial charge in [0, 0.05) is 0 Å². The zero-order chi connectivity index (χ0) is 16.8. The summed E-state index contributed by atoms with van der Waals surface area (Å²) in [6.45, 7) is 3.85. The van der Waals surface area contributed by atoms with Crippen LogP contribution in [0.3, 0.4) is 0 Å². The molecule has 1 amide bonds. The number of rotatable bonds is 5. The minimum absolute atomic E-state index is 0.0891. The summed E-state index contributed by atoms with van der Waals surface area (Å²) in [6.07, 6.45) is -0.764. The van der Waals surface area contributed by atoms with Crippen molar-refractivity contribution < 1.29 is 19.4 Å². The van der Waals surface area contributed by atoms with Gasteiger partial charge in [-0.25, -0.2) is 9.59 Å². The number of nitrogens with one attached hydrogen (secondary N) is 1. The summed E-state index contributed by atoms with van der Waals surface area (Å²) in [6, 6.07) is 13.5. The molecule has 0 aliphatic carbocycles. The van der Waals surface area contributed by atoms with Gasteiger partial charge in [0.2, 0.25) is 0 Å². The summed E-state index contributed by atoms with van der Waals surface area (Å²) in [5, 5.41) is 11.8. The first-order chi connectivity index (χ1) is 11.0. The van der Waals surface area contributed by atoms with E-state index in [-0.39, 0.29) is 6.61 Å². The van der Waals surface area contributed by atoms with Crippen molar-refractivity contribution in [1.29, 1.82) is 0 Å². The molecule has 2 N–H and O–H groups in total. The molecule has 2 aromatic carbocycles. The number of carboxylic acid groups (broad SMARTS) is 1. The van der Waals surface area contributed by atoms with Gasteiger partial charge in [0.1, 0.15) is 6.61 Å². The highest BCUT2D eigenvalue weighted by Crippen LogP contribution is 2.18. The Kier molecular flexibility index (Phi) is 5.36. The van der Waals surface area contributed by atoms with Crippen molar-refractivity contribution in [3.05, 3.63) is 70.8 Å². The fourth-order valence-corrected chi connectivity index (χ4v) is 2.35. The van der Waals surface area contributed by atoms with Gasteiger partial charge in [0.15, 0.2) is 6.04 Å². The molecule has 0 spiro atoms. The molecule has 5 nitrogen and oxygen atoms in total. The third-order valence-electron chi connectivity index (χ3n) is 3.30. The van der Waals surface area contributed by atoms with Crippen molar-refractivity contribution in [2.75, 3.05) is 0 Å². The van der Waals surface area contributed by atoms with E-state index in [0.717, 1.165) is 16.7 Å². The van der Waals surface area contributed by atoms with E-state index in [9.17, 15) is 14.7 Å². The van der Waals surface area contributed by atoms with E-state index in [1.807, 2.05) is 50.2 Å². The number of benzene rings is 2. The average molecular weight is 313 g/mol. The lowest BCUT2D eigenvalue weighted by Gasteiger charge is -2.16. The van der Waals surface area contributed by atoms with Crippen LogP contribution in [-0.4, -0.2) is 17.2 Å². The number of carboxylic acids is 1. The van der Waals surface area contributed by atoms with Crippen LogP contribution < -0.4 is 5.32 Å². The van der Waals surface area contributed by atoms with Gasteiger partial charge in [-0.15, -0.1) is 0 Å². The molecule has 0 radical (unpaired) electrons. The molecule has 0 fully saturated rings. The van der Waals surface area contributed by atoms with E-state index >= 15 is 0 Å². The standard InChI is InChI=1S/C18H19NO4/c1-12-8-13(2)10-15(9-12)16(17(20)21)19-18(22)23-11-14-6-4-3-5-7-14/h3-10,16H,11H2,1-2H3,(H,19,22)(H,20,21). The maximum atomic E-state index is 11.9. The van der Waals surface area contributed by atoms with Crippen LogP contribution in [0.5, 0.6) is 0 Å². The Labute approximate surface area is 134 Å². The van der Waals surface area contributed by atoms with Gasteiger partial charge >= 0.3 is 12.1 Å². The van der Waals surface area contributed by atoms with Crippen molar-refractivity contribution in [1.82, 2.24) is 5.32 Å². The number of carbonyl (C=O) groups is 2. The van der Waals surface area contributed by atoms with Gasteiger partial charge in [0.25, 0.3) is 0 Å². The number of hydrogen-bond donors (Lipinski definition) is 2. The quantitative estimate of drug-likeness (QED) is 0.887. The molecule has 0 heterocycles. The third-order valence-corrected chi connectivity index (χ3v) is 3.30. The van der Waals surface area contributed by atoms with Gasteiger partial charge < -0.3 is 15.2 Å². The van der Waals surface area contributed by atoms with Crippen LogP contribution in [0.1, 0.15) is 28.3 Å². The fourth-order valence-electron chi connectivity index (χ4n) is 2.35. The molecule has 0 aliphatic rings. The Morgan fingerprint density at radius 1 is 1.09 bits per heavy atom. The van der Waals surface area contributed by atoms with E-state index in [1.165, 1.54) is 0 Å². The van der Waals surface area contributed by atoms with Gasteiger partial charge in [-0.3, -0.25) is 0 Å². The van der Waals surface area contributed by atoms with Crippen LogP contribution in [0.25, 0.3) is 0 Å². The molecule has 120 valence electrons. The highest BCUT2D eigenvalue weighted by Gasteiger charge is 2.23. The van der Waals surface area contributed by atoms with Gasteiger partial charge in [0.05, 0.1) is 0 Å². The first-order valence-corrected chi connectivity index (χ1v) is 7.24. The largest absolute Gasteiger partial charge is 0.479 e. The van der Waals surface area contributed by atoms with Crippen LogP contribution in [-0.2, 0) is 16.1 Å². The Morgan fingerprint density at radius 3 is 2.26 bits per heavy atom. The van der Waals surface area contributed by atoms with Crippen LogP contribution >= 0.6 is 0 Å². The van der Waals surface area contributed by atoms with Crippen LogP contribution in [0.4, 0.5) is 4.79 Å². The second-order valence-electron chi connectivity index (χ2n) is 5.40. The summed E-state index contributed by atoms with van der Waals surface area (Å²) in [5.41, 5.74) is 3.23. The van der Waals surface area contributed by atoms with Crippen molar-refractivity contribution in [3.8, 4) is 0 Å². The fraction of sp³-hybridized carbons (Fsp3) is 0.222. The Hall–Kier alpha value is -2.82. The molecule has 1 atom stereocenters. The van der Waals surface area contributed by atoms with Crippen molar-refractivity contribution in [2.24, 2.45) is 0 Å². The van der Waals surface area contributed by atoms with Crippen molar-refractivity contribution in [2.45, 2.75) is 26.5 Å². The predicted octanol–water partition coefficient (Wildman–Crippen LogP) is 3.36. The number of ether oxygens (including phenoxy) is 1. The second-order valence-corrected chi connectivity index (χ2v) is 5.40. The number of aryl methyl sites for hydroxylation is 2. The smallest absolute Gasteiger partial charge is 0.408 e. The molecule has 1 unspecified atom stereocenters. The normalized spacial score (nSPS) is 11.6. The van der Waals surface area contributed by atoms with Gasteiger partial charge in [-0.1, -0.05) is 59.7 Å². The predicted molar refractivity (Wildman–Crippen MR) is 86.1 cm³/mol. The first-order valence-electron chi connectivity index (χ1n) is 7.24. The van der Waals surface area contributed by atoms with E-state index < -0.39 is 18.1 Å². The SMILES string of the molecule is Cc1cc(C)cc(C(NC(=O)OCc2ccccc2)C(=O)O)c1. The van der Waals surface area contributed by atoms with Crippen LogP contribution in [0.2, 0.25) is 0 Å². The minimum Gasteiger partial charge on any atom is -0.479 e. The molecule has 0 saturated carbocycles. The molecule has 23 heavy (non-hydrogen) atoms. The topological polar surface area (TPSA) is 75.6 Å². The van der Waals surface area contributed by atoms with Gasteiger partial charge in [-0.2, -0.15) is 0 Å². The van der Waals surface area contributed by atoms with Gasteiger partial charge in [-0.05, 0) is 25.0 Å². The summed E-state index contributed by atoms with van der Waals surface area (Å²) in [5.74, 6) is -1.13. The molecular formula is C18H19NO4. The molecule has 0 aliphatic heterocycles. The maximum absolute atomic E-state index is 11.9. The zero-order valence-electron chi connectivity index (χ0n) is 13.1. The Bertz CT molecular complexity index is 677. The summed E-state index contributed by atoms with van der Waals surface area (Å²) in [7, 11) is 0. The summed E-state index contributed by atoms with van der Waals surface area (Å²) >= 11 is 0. The lowest BCUT2D eigenvalue weighted by Crippen LogP contribution is -2.34. The van der Waals surface area contributed by atoms with Crippen LogP contribution in [0.15, 0.2) is 48.5 Å². The molecule has 2 rings (SSSR count). The second kappa shape index (κ2) is 7.45. The maximum Gasteiger partial charge on any atom is 0.408 e. The van der Waals surface area contributed by atoms with Crippen molar-refractivity contribution in [3.63, 3.8) is 0 Å². The molecular weight excluding hydrogens is 294 g/mol. The van der Waals surface area contributed by atoms with Crippen LogP contribution in [0, 0.1) is 13.8 Å². The molecule has 2 aromatic rings. The van der Waals surface area contributed by atoms with E-state index in [0.29, 0.717) is 5.56 Å². The average Bonchev–Trinajstić information content (AvgIpc) is 2.50.